The molecule has 22 heavy (non-hydrogen) atoms. The summed E-state index contributed by atoms with van der Waals surface area (Å²) in [6.07, 6.45) is -0.968. The number of alkyl halides is 3. The van der Waals surface area contributed by atoms with E-state index in [4.69, 9.17) is 0 Å². The van der Waals surface area contributed by atoms with Crippen LogP contribution in [-0.2, 0) is 11.0 Å². The van der Waals surface area contributed by atoms with Gasteiger partial charge in [0.2, 0.25) is 5.91 Å². The van der Waals surface area contributed by atoms with Crippen molar-refractivity contribution in [1.82, 2.24) is 4.90 Å². The number of hydrogen-bond donors (Lipinski definition) is 0. The molecule has 1 aliphatic heterocycles. The van der Waals surface area contributed by atoms with Crippen LogP contribution in [0.2, 0.25) is 0 Å². The Kier molecular flexibility index (Phi) is 4.98. The predicted molar refractivity (Wildman–Crippen MR) is 79.7 cm³/mol. The van der Waals surface area contributed by atoms with Crippen molar-refractivity contribution in [1.29, 1.82) is 0 Å². The third kappa shape index (κ3) is 3.93. The first kappa shape index (κ1) is 16.6. The van der Waals surface area contributed by atoms with Crippen LogP contribution in [0.5, 0.6) is 0 Å². The van der Waals surface area contributed by atoms with Crippen molar-refractivity contribution >= 4 is 11.6 Å². The molecule has 1 amide bonds. The van der Waals surface area contributed by atoms with Gasteiger partial charge in [0.25, 0.3) is 0 Å². The number of amides is 1. The van der Waals surface area contributed by atoms with Gasteiger partial charge in [0.15, 0.2) is 0 Å². The second-order valence-corrected chi connectivity index (χ2v) is 5.81. The normalized spacial score (nSPS) is 19.4. The minimum Gasteiger partial charge on any atom is -0.375 e. The first-order chi connectivity index (χ1) is 10.3. The van der Waals surface area contributed by atoms with Gasteiger partial charge in [-0.3, -0.25) is 4.79 Å². The van der Waals surface area contributed by atoms with E-state index in [-0.39, 0.29) is 11.9 Å². The summed E-state index contributed by atoms with van der Waals surface area (Å²) in [7, 11) is 3.68. The summed E-state index contributed by atoms with van der Waals surface area (Å²) in [4.78, 5) is 15.4. The van der Waals surface area contributed by atoms with Gasteiger partial charge in [0, 0.05) is 38.8 Å². The van der Waals surface area contributed by atoms with E-state index in [0.29, 0.717) is 13.0 Å². The van der Waals surface area contributed by atoms with Crippen LogP contribution in [0, 0.1) is 0 Å². The summed E-state index contributed by atoms with van der Waals surface area (Å²) in [5.74, 6) is 0.174. The molecule has 1 saturated heterocycles. The lowest BCUT2D eigenvalue weighted by Gasteiger charge is -2.34. The Balaban J connectivity index is 1.92. The molecule has 1 aromatic rings. The molecule has 6 heteroatoms. The SMILES string of the molecule is CN(CCC1CCCC(=O)N1C)c1ccc(C(F)(F)F)cc1. The Morgan fingerprint density at radius 3 is 2.50 bits per heavy atom. The van der Waals surface area contributed by atoms with E-state index in [1.807, 2.05) is 19.0 Å². The summed E-state index contributed by atoms with van der Waals surface area (Å²) in [6, 6.07) is 5.39. The quantitative estimate of drug-likeness (QED) is 0.848. The van der Waals surface area contributed by atoms with E-state index >= 15 is 0 Å². The van der Waals surface area contributed by atoms with Crippen LogP contribution in [0.1, 0.15) is 31.2 Å². The topological polar surface area (TPSA) is 23.6 Å². The van der Waals surface area contributed by atoms with Crippen LogP contribution >= 0.6 is 0 Å². The maximum Gasteiger partial charge on any atom is 0.416 e. The second kappa shape index (κ2) is 6.58. The highest BCUT2D eigenvalue weighted by molar-refractivity contribution is 5.76. The number of hydrogen-bond acceptors (Lipinski definition) is 2. The standard InChI is InChI=1S/C16H21F3N2O/c1-20(11-10-14-4-3-5-15(22)21(14)2)13-8-6-12(7-9-13)16(17,18)19/h6-9,14H,3-5,10-11H2,1-2H3. The highest BCUT2D eigenvalue weighted by Crippen LogP contribution is 2.30. The second-order valence-electron chi connectivity index (χ2n) is 5.81. The lowest BCUT2D eigenvalue weighted by atomic mass is 9.99. The number of nitrogens with zero attached hydrogens (tertiary/aromatic N) is 2. The van der Waals surface area contributed by atoms with E-state index in [2.05, 4.69) is 0 Å². The van der Waals surface area contributed by atoms with Gasteiger partial charge >= 0.3 is 6.18 Å². The third-order valence-electron chi connectivity index (χ3n) is 4.30. The van der Waals surface area contributed by atoms with Crippen molar-refractivity contribution in [2.24, 2.45) is 0 Å². The molecule has 0 bridgehead atoms. The Hall–Kier alpha value is -1.72. The van der Waals surface area contributed by atoms with E-state index in [1.54, 1.807) is 4.90 Å². The van der Waals surface area contributed by atoms with Crippen LogP contribution in [0.3, 0.4) is 0 Å². The summed E-state index contributed by atoms with van der Waals surface area (Å²) >= 11 is 0. The van der Waals surface area contributed by atoms with E-state index in [0.717, 1.165) is 37.1 Å². The molecule has 1 heterocycles. The van der Waals surface area contributed by atoms with Gasteiger partial charge in [0.1, 0.15) is 0 Å². The van der Waals surface area contributed by atoms with E-state index < -0.39 is 11.7 Å². The molecular weight excluding hydrogens is 293 g/mol. The molecule has 0 spiro atoms. The molecule has 1 fully saturated rings. The molecule has 0 aliphatic carbocycles. The summed E-state index contributed by atoms with van der Waals surface area (Å²) < 4.78 is 37.6. The number of carbonyl (C=O) groups is 1. The first-order valence-corrected chi connectivity index (χ1v) is 7.43. The van der Waals surface area contributed by atoms with E-state index in [1.165, 1.54) is 12.1 Å². The van der Waals surface area contributed by atoms with Gasteiger partial charge in [-0.2, -0.15) is 13.2 Å². The van der Waals surface area contributed by atoms with Gasteiger partial charge in [-0.15, -0.1) is 0 Å². The molecule has 3 nitrogen and oxygen atoms in total. The third-order valence-corrected chi connectivity index (χ3v) is 4.30. The van der Waals surface area contributed by atoms with Gasteiger partial charge in [-0.05, 0) is 43.5 Å². The highest BCUT2D eigenvalue weighted by atomic mass is 19.4. The van der Waals surface area contributed by atoms with Gasteiger partial charge < -0.3 is 9.80 Å². The molecule has 0 N–H and O–H groups in total. The molecule has 0 radical (unpaired) electrons. The molecule has 122 valence electrons. The monoisotopic (exact) mass is 314 g/mol. The fourth-order valence-corrected chi connectivity index (χ4v) is 2.78. The number of benzene rings is 1. The fourth-order valence-electron chi connectivity index (χ4n) is 2.78. The molecule has 1 unspecified atom stereocenters. The molecule has 1 aliphatic rings. The lowest BCUT2D eigenvalue weighted by molar-refractivity contribution is -0.137. The molecule has 1 atom stereocenters. The smallest absolute Gasteiger partial charge is 0.375 e. The molecular formula is C16H21F3N2O. The lowest BCUT2D eigenvalue weighted by Crippen LogP contribution is -2.42. The van der Waals surface area contributed by atoms with Gasteiger partial charge in [0.05, 0.1) is 5.56 Å². The molecule has 0 aromatic heterocycles. The Bertz CT molecular complexity index is 513. The number of anilines is 1. The van der Waals surface area contributed by atoms with Crippen molar-refractivity contribution in [2.45, 2.75) is 37.9 Å². The van der Waals surface area contributed by atoms with Crippen LogP contribution in [0.15, 0.2) is 24.3 Å². The van der Waals surface area contributed by atoms with Crippen molar-refractivity contribution in [2.75, 3.05) is 25.5 Å². The predicted octanol–water partition coefficient (Wildman–Crippen LogP) is 3.54. The maximum absolute atomic E-state index is 12.5. The molecule has 0 saturated carbocycles. The number of rotatable bonds is 4. The van der Waals surface area contributed by atoms with Crippen LogP contribution in [-0.4, -0.2) is 37.5 Å². The average molecular weight is 314 g/mol. The van der Waals surface area contributed by atoms with Gasteiger partial charge in [-0.1, -0.05) is 0 Å². The van der Waals surface area contributed by atoms with Crippen molar-refractivity contribution in [3.05, 3.63) is 29.8 Å². The minimum atomic E-state index is -4.30. The molecule has 2 rings (SSSR count). The Morgan fingerprint density at radius 2 is 1.91 bits per heavy atom. The summed E-state index contributed by atoms with van der Waals surface area (Å²) in [5, 5.41) is 0. The Labute approximate surface area is 128 Å². The molecule has 1 aromatic carbocycles. The van der Waals surface area contributed by atoms with Crippen molar-refractivity contribution in [3.8, 4) is 0 Å². The zero-order valence-electron chi connectivity index (χ0n) is 12.9. The van der Waals surface area contributed by atoms with Crippen LogP contribution in [0.4, 0.5) is 18.9 Å². The van der Waals surface area contributed by atoms with Gasteiger partial charge in [-0.25, -0.2) is 0 Å². The number of halogens is 3. The summed E-state index contributed by atoms with van der Waals surface area (Å²) in [6.45, 7) is 0.702. The average Bonchev–Trinajstić information content (AvgIpc) is 2.48. The highest BCUT2D eigenvalue weighted by Gasteiger charge is 2.30. The first-order valence-electron chi connectivity index (χ1n) is 7.43. The zero-order valence-corrected chi connectivity index (χ0v) is 12.9. The minimum absolute atomic E-state index is 0.174. The number of carbonyl (C=O) groups excluding carboxylic acids is 1. The van der Waals surface area contributed by atoms with Crippen LogP contribution < -0.4 is 4.90 Å². The van der Waals surface area contributed by atoms with Crippen LogP contribution in [0.25, 0.3) is 0 Å². The fraction of sp³-hybridized carbons (Fsp3) is 0.562. The van der Waals surface area contributed by atoms with Crippen molar-refractivity contribution in [3.63, 3.8) is 0 Å². The number of piperidine rings is 1. The van der Waals surface area contributed by atoms with E-state index in [9.17, 15) is 18.0 Å². The largest absolute Gasteiger partial charge is 0.416 e. The Morgan fingerprint density at radius 1 is 1.27 bits per heavy atom. The number of likely N-dealkylation sites (tertiary alicyclic amines) is 1. The summed E-state index contributed by atoms with van der Waals surface area (Å²) in [5.41, 5.74) is 0.111. The maximum atomic E-state index is 12.5. The van der Waals surface area contributed by atoms with Crippen molar-refractivity contribution < 1.29 is 18.0 Å². The zero-order chi connectivity index (χ0) is 16.3.